The Balaban J connectivity index is 1.76. The van der Waals surface area contributed by atoms with Crippen molar-refractivity contribution in [3.63, 3.8) is 0 Å². The van der Waals surface area contributed by atoms with Crippen molar-refractivity contribution < 1.29 is 28.0 Å². The molecule has 0 atom stereocenters. The second kappa shape index (κ2) is 8.71. The first-order valence-corrected chi connectivity index (χ1v) is 10.2. The quantitative estimate of drug-likeness (QED) is 0.374. The Morgan fingerprint density at radius 3 is 2.39 bits per heavy atom. The standard InChI is InChI=1S/C20H17N3O7S/c1-30-19-5-3-2-4-16(19)21-20(25)13-6-8-14(9-7-13)22-31(28,29)15-10-11-18(24)17(12-15)23(26)27/h2-12,22,24H,1H3,(H,21,25). The molecule has 0 bridgehead atoms. The maximum Gasteiger partial charge on any atom is 0.312 e. The summed E-state index contributed by atoms with van der Waals surface area (Å²) < 4.78 is 32.5. The molecule has 10 nitrogen and oxygen atoms in total. The minimum atomic E-state index is -4.16. The Morgan fingerprint density at radius 2 is 1.74 bits per heavy atom. The summed E-state index contributed by atoms with van der Waals surface area (Å²) in [6.07, 6.45) is 0. The summed E-state index contributed by atoms with van der Waals surface area (Å²) in [5.74, 6) is -0.578. The van der Waals surface area contributed by atoms with Crippen LogP contribution in [-0.4, -0.2) is 31.5 Å². The lowest BCUT2D eigenvalue weighted by Gasteiger charge is -2.11. The number of methoxy groups -OCH3 is 1. The first-order valence-electron chi connectivity index (χ1n) is 8.76. The van der Waals surface area contributed by atoms with Crippen molar-refractivity contribution >= 4 is 33.0 Å². The van der Waals surface area contributed by atoms with E-state index in [0.717, 1.165) is 18.2 Å². The molecular formula is C20H17N3O7S. The average Bonchev–Trinajstić information content (AvgIpc) is 2.74. The van der Waals surface area contributed by atoms with E-state index in [2.05, 4.69) is 10.0 Å². The first-order chi connectivity index (χ1) is 14.7. The van der Waals surface area contributed by atoms with Crippen LogP contribution in [0.1, 0.15) is 10.4 Å². The van der Waals surface area contributed by atoms with Crippen LogP contribution in [0.2, 0.25) is 0 Å². The lowest BCUT2D eigenvalue weighted by molar-refractivity contribution is -0.386. The molecule has 3 N–H and O–H groups in total. The van der Waals surface area contributed by atoms with Gasteiger partial charge < -0.3 is 15.2 Å². The van der Waals surface area contributed by atoms with Crippen molar-refractivity contribution in [1.29, 1.82) is 0 Å². The molecule has 0 aliphatic carbocycles. The van der Waals surface area contributed by atoms with Gasteiger partial charge in [0, 0.05) is 17.3 Å². The van der Waals surface area contributed by atoms with Gasteiger partial charge in [-0.1, -0.05) is 12.1 Å². The maximum absolute atomic E-state index is 12.5. The number of nitrogens with zero attached hydrogens (tertiary/aromatic N) is 1. The largest absolute Gasteiger partial charge is 0.502 e. The van der Waals surface area contributed by atoms with Crippen LogP contribution in [0.5, 0.6) is 11.5 Å². The molecule has 11 heteroatoms. The third-order valence-electron chi connectivity index (χ3n) is 4.21. The second-order valence-electron chi connectivity index (χ2n) is 6.24. The highest BCUT2D eigenvalue weighted by Crippen LogP contribution is 2.29. The van der Waals surface area contributed by atoms with Gasteiger partial charge in [-0.15, -0.1) is 0 Å². The minimum absolute atomic E-state index is 0.143. The maximum atomic E-state index is 12.5. The topological polar surface area (TPSA) is 148 Å². The number of benzene rings is 3. The summed E-state index contributed by atoms with van der Waals surface area (Å²) in [6, 6.07) is 15.2. The third-order valence-corrected chi connectivity index (χ3v) is 5.59. The van der Waals surface area contributed by atoms with E-state index in [4.69, 9.17) is 4.74 Å². The number of phenolic OH excluding ortho intramolecular Hbond substituents is 1. The van der Waals surface area contributed by atoms with Crippen molar-refractivity contribution in [3.8, 4) is 11.5 Å². The molecule has 0 saturated heterocycles. The van der Waals surface area contributed by atoms with Crippen LogP contribution in [0.15, 0.2) is 71.6 Å². The highest BCUT2D eigenvalue weighted by molar-refractivity contribution is 7.92. The van der Waals surface area contributed by atoms with Crippen molar-refractivity contribution in [1.82, 2.24) is 0 Å². The highest BCUT2D eigenvalue weighted by atomic mass is 32.2. The normalized spacial score (nSPS) is 10.9. The molecule has 3 aromatic carbocycles. The Morgan fingerprint density at radius 1 is 1.06 bits per heavy atom. The van der Waals surface area contributed by atoms with Crippen LogP contribution in [-0.2, 0) is 10.0 Å². The summed E-state index contributed by atoms with van der Waals surface area (Å²) >= 11 is 0. The first kappa shape index (κ1) is 21.6. The monoisotopic (exact) mass is 443 g/mol. The van der Waals surface area contributed by atoms with E-state index in [1.54, 1.807) is 24.3 Å². The van der Waals surface area contributed by atoms with Gasteiger partial charge in [-0.2, -0.15) is 0 Å². The number of hydrogen-bond acceptors (Lipinski definition) is 7. The molecule has 0 spiro atoms. The van der Waals surface area contributed by atoms with E-state index >= 15 is 0 Å². The van der Waals surface area contributed by atoms with Gasteiger partial charge in [0.2, 0.25) is 0 Å². The van der Waals surface area contributed by atoms with E-state index < -0.39 is 37.2 Å². The molecule has 0 aliphatic heterocycles. The van der Waals surface area contributed by atoms with E-state index in [-0.39, 0.29) is 11.3 Å². The van der Waals surface area contributed by atoms with Gasteiger partial charge in [0.25, 0.3) is 15.9 Å². The Bertz CT molecular complexity index is 1240. The molecule has 1 amide bonds. The summed E-state index contributed by atoms with van der Waals surface area (Å²) in [7, 11) is -2.68. The Hall–Kier alpha value is -4.12. The highest BCUT2D eigenvalue weighted by Gasteiger charge is 2.21. The number of nitrogens with one attached hydrogen (secondary N) is 2. The number of rotatable bonds is 7. The molecular weight excluding hydrogens is 426 g/mol. The fourth-order valence-electron chi connectivity index (χ4n) is 2.66. The predicted molar refractivity (Wildman–Crippen MR) is 113 cm³/mol. The lowest BCUT2D eigenvalue weighted by Crippen LogP contribution is -2.14. The molecule has 0 aromatic heterocycles. The van der Waals surface area contributed by atoms with Crippen molar-refractivity contribution in [2.45, 2.75) is 4.90 Å². The molecule has 31 heavy (non-hydrogen) atoms. The average molecular weight is 443 g/mol. The summed E-state index contributed by atoms with van der Waals surface area (Å²) in [6.45, 7) is 0. The van der Waals surface area contributed by atoms with Gasteiger partial charge in [-0.3, -0.25) is 19.6 Å². The van der Waals surface area contributed by atoms with E-state index in [1.807, 2.05) is 0 Å². The van der Waals surface area contributed by atoms with Crippen LogP contribution in [0.25, 0.3) is 0 Å². The zero-order chi connectivity index (χ0) is 22.6. The number of nitro benzene ring substituents is 1. The smallest absolute Gasteiger partial charge is 0.312 e. The number of hydrogen-bond donors (Lipinski definition) is 3. The molecule has 3 rings (SSSR count). The number of carbonyl (C=O) groups excluding carboxylic acids is 1. The molecule has 0 unspecified atom stereocenters. The zero-order valence-electron chi connectivity index (χ0n) is 16.1. The number of anilines is 2. The predicted octanol–water partition coefficient (Wildman–Crippen LogP) is 3.36. The summed E-state index contributed by atoms with van der Waals surface area (Å²) in [4.78, 5) is 22.1. The van der Waals surface area contributed by atoms with E-state index in [0.29, 0.717) is 11.4 Å². The number of para-hydroxylation sites is 2. The molecule has 0 radical (unpaired) electrons. The van der Waals surface area contributed by atoms with Crippen LogP contribution in [0, 0.1) is 10.1 Å². The molecule has 160 valence electrons. The number of phenols is 1. The molecule has 0 heterocycles. The number of aromatic hydroxyl groups is 1. The fraction of sp³-hybridized carbons (Fsp3) is 0.0500. The van der Waals surface area contributed by atoms with Crippen molar-refractivity contribution in [2.24, 2.45) is 0 Å². The summed E-state index contributed by atoms with van der Waals surface area (Å²) in [5.41, 5.74) is 0.165. The summed E-state index contributed by atoms with van der Waals surface area (Å²) in [5, 5.41) is 23.1. The van der Waals surface area contributed by atoms with Crippen LogP contribution < -0.4 is 14.8 Å². The van der Waals surface area contributed by atoms with E-state index in [1.165, 1.54) is 31.4 Å². The SMILES string of the molecule is COc1ccccc1NC(=O)c1ccc(NS(=O)(=O)c2ccc(O)c([N+](=O)[O-])c2)cc1. The van der Waals surface area contributed by atoms with Crippen LogP contribution in [0.3, 0.4) is 0 Å². The third kappa shape index (κ3) is 4.90. The lowest BCUT2D eigenvalue weighted by atomic mass is 10.2. The van der Waals surface area contributed by atoms with Gasteiger partial charge in [0.05, 0.1) is 22.6 Å². The van der Waals surface area contributed by atoms with E-state index in [9.17, 15) is 28.4 Å². The van der Waals surface area contributed by atoms with Crippen molar-refractivity contribution in [2.75, 3.05) is 17.1 Å². The molecule has 0 aliphatic rings. The van der Waals surface area contributed by atoms with Gasteiger partial charge >= 0.3 is 5.69 Å². The molecule has 0 saturated carbocycles. The number of amides is 1. The number of sulfonamides is 1. The van der Waals surface area contributed by atoms with Crippen LogP contribution >= 0.6 is 0 Å². The van der Waals surface area contributed by atoms with Gasteiger partial charge in [-0.05, 0) is 48.5 Å². The van der Waals surface area contributed by atoms with Gasteiger partial charge in [0.15, 0.2) is 5.75 Å². The zero-order valence-corrected chi connectivity index (χ0v) is 16.9. The van der Waals surface area contributed by atoms with Crippen LogP contribution in [0.4, 0.5) is 17.1 Å². The number of carbonyl (C=O) groups is 1. The van der Waals surface area contributed by atoms with Gasteiger partial charge in [0.1, 0.15) is 5.75 Å². The fourth-order valence-corrected chi connectivity index (χ4v) is 3.74. The molecule has 0 fully saturated rings. The van der Waals surface area contributed by atoms with Crippen molar-refractivity contribution in [3.05, 3.63) is 82.4 Å². The Labute approximate surface area is 177 Å². The number of nitro groups is 1. The second-order valence-corrected chi connectivity index (χ2v) is 7.93. The number of ether oxygens (including phenoxy) is 1. The van der Waals surface area contributed by atoms with Gasteiger partial charge in [-0.25, -0.2) is 8.42 Å². The minimum Gasteiger partial charge on any atom is -0.502 e. The molecule has 3 aromatic rings. The Kier molecular flexibility index (Phi) is 6.07.